The molecule has 1 atom stereocenters. The molecule has 1 aliphatic rings. The van der Waals surface area contributed by atoms with Crippen LogP contribution in [0.15, 0.2) is 18.3 Å². The first kappa shape index (κ1) is 16.5. The van der Waals surface area contributed by atoms with E-state index in [1.165, 1.54) is 0 Å². The Kier molecular flexibility index (Phi) is 6.42. The van der Waals surface area contributed by atoms with Gasteiger partial charge >= 0.3 is 6.03 Å². The third-order valence-electron chi connectivity index (χ3n) is 3.39. The molecule has 7 nitrogen and oxygen atoms in total. The van der Waals surface area contributed by atoms with Crippen molar-refractivity contribution in [2.75, 3.05) is 44.9 Å². The van der Waals surface area contributed by atoms with Gasteiger partial charge < -0.3 is 25.0 Å². The van der Waals surface area contributed by atoms with E-state index in [-0.39, 0.29) is 12.1 Å². The van der Waals surface area contributed by atoms with E-state index in [4.69, 9.17) is 9.47 Å². The molecule has 0 aromatic carbocycles. The number of nitrogens with zero attached hydrogens (tertiary/aromatic N) is 2. The van der Waals surface area contributed by atoms with Crippen molar-refractivity contribution < 1.29 is 14.3 Å². The molecule has 1 aliphatic heterocycles. The molecule has 22 heavy (non-hydrogen) atoms. The summed E-state index contributed by atoms with van der Waals surface area (Å²) in [5.74, 6) is 0.949. The topological polar surface area (TPSA) is 75.7 Å². The van der Waals surface area contributed by atoms with Crippen molar-refractivity contribution in [2.45, 2.75) is 19.5 Å². The highest BCUT2D eigenvalue weighted by molar-refractivity contribution is 5.74. The fourth-order valence-corrected chi connectivity index (χ4v) is 2.25. The molecule has 0 aliphatic carbocycles. The minimum atomic E-state index is -0.207. The Morgan fingerprint density at radius 3 is 2.86 bits per heavy atom. The van der Waals surface area contributed by atoms with Gasteiger partial charge in [0.1, 0.15) is 5.82 Å². The van der Waals surface area contributed by atoms with Gasteiger partial charge in [-0.2, -0.15) is 0 Å². The zero-order chi connectivity index (χ0) is 15.8. The average Bonchev–Trinajstić information content (AvgIpc) is 2.54. The van der Waals surface area contributed by atoms with Crippen molar-refractivity contribution in [3.05, 3.63) is 23.9 Å². The minimum absolute atomic E-state index is 0.0215. The molecule has 2 heterocycles. The van der Waals surface area contributed by atoms with E-state index in [2.05, 4.69) is 20.5 Å². The quantitative estimate of drug-likeness (QED) is 0.811. The molecule has 2 amide bonds. The second-order valence-corrected chi connectivity index (χ2v) is 5.31. The highest BCUT2D eigenvalue weighted by atomic mass is 16.5. The summed E-state index contributed by atoms with van der Waals surface area (Å²) in [6, 6.07) is 3.73. The summed E-state index contributed by atoms with van der Waals surface area (Å²) in [6.07, 6.45) is 1.80. The summed E-state index contributed by atoms with van der Waals surface area (Å²) in [5.41, 5.74) is 0.964. The van der Waals surface area contributed by atoms with E-state index >= 15 is 0 Å². The van der Waals surface area contributed by atoms with Crippen LogP contribution in [-0.4, -0.2) is 57.1 Å². The molecular formula is C15H24N4O3. The highest BCUT2D eigenvalue weighted by Gasteiger charge is 2.12. The number of urea groups is 1. The standard InChI is InChI=1S/C15H24N4O3/c1-12(11-21-2)18-15(20)17-10-13-3-4-14(16-9-13)19-5-7-22-8-6-19/h3-4,9,12H,5-8,10-11H2,1-2H3,(H2,17,18,20)/t12-/m1/s1. The molecule has 1 fully saturated rings. The number of amides is 2. The highest BCUT2D eigenvalue weighted by Crippen LogP contribution is 2.12. The van der Waals surface area contributed by atoms with Crippen molar-refractivity contribution in [3.63, 3.8) is 0 Å². The van der Waals surface area contributed by atoms with E-state index < -0.39 is 0 Å². The van der Waals surface area contributed by atoms with Gasteiger partial charge in [-0.25, -0.2) is 9.78 Å². The predicted molar refractivity (Wildman–Crippen MR) is 84.0 cm³/mol. The largest absolute Gasteiger partial charge is 0.383 e. The monoisotopic (exact) mass is 308 g/mol. The van der Waals surface area contributed by atoms with Crippen LogP contribution in [0.2, 0.25) is 0 Å². The maximum absolute atomic E-state index is 11.7. The summed E-state index contributed by atoms with van der Waals surface area (Å²) in [6.45, 7) is 6.04. The predicted octanol–water partition coefficient (Wildman–Crippen LogP) is 0.752. The molecule has 0 spiro atoms. The Hall–Kier alpha value is -1.86. The van der Waals surface area contributed by atoms with Crippen LogP contribution in [-0.2, 0) is 16.0 Å². The van der Waals surface area contributed by atoms with Crippen LogP contribution in [0, 0.1) is 0 Å². The van der Waals surface area contributed by atoms with Crippen molar-refractivity contribution in [1.82, 2.24) is 15.6 Å². The van der Waals surface area contributed by atoms with Crippen LogP contribution in [0.1, 0.15) is 12.5 Å². The lowest BCUT2D eigenvalue weighted by Crippen LogP contribution is -2.42. The van der Waals surface area contributed by atoms with Gasteiger partial charge in [-0.15, -0.1) is 0 Å². The van der Waals surface area contributed by atoms with Crippen molar-refractivity contribution in [2.24, 2.45) is 0 Å². The van der Waals surface area contributed by atoms with Crippen LogP contribution in [0.4, 0.5) is 10.6 Å². The summed E-state index contributed by atoms with van der Waals surface area (Å²) >= 11 is 0. The van der Waals surface area contributed by atoms with Crippen molar-refractivity contribution in [1.29, 1.82) is 0 Å². The molecule has 1 saturated heterocycles. The van der Waals surface area contributed by atoms with Crippen LogP contribution >= 0.6 is 0 Å². The summed E-state index contributed by atoms with van der Waals surface area (Å²) < 4.78 is 10.3. The molecular weight excluding hydrogens is 284 g/mol. The van der Waals surface area contributed by atoms with Gasteiger partial charge in [0.15, 0.2) is 0 Å². The number of methoxy groups -OCH3 is 1. The number of morpholine rings is 1. The molecule has 1 aromatic rings. The number of pyridine rings is 1. The lowest BCUT2D eigenvalue weighted by atomic mass is 10.2. The smallest absolute Gasteiger partial charge is 0.315 e. The number of ether oxygens (including phenoxy) is 2. The van der Waals surface area contributed by atoms with Crippen LogP contribution in [0.3, 0.4) is 0 Å². The molecule has 122 valence electrons. The zero-order valence-electron chi connectivity index (χ0n) is 13.2. The summed E-state index contributed by atoms with van der Waals surface area (Å²) in [4.78, 5) is 18.3. The normalized spacial score (nSPS) is 16.2. The molecule has 0 saturated carbocycles. The van der Waals surface area contributed by atoms with Gasteiger partial charge in [0.2, 0.25) is 0 Å². The first-order valence-corrected chi connectivity index (χ1v) is 7.50. The first-order chi connectivity index (χ1) is 10.7. The lowest BCUT2D eigenvalue weighted by molar-refractivity contribution is 0.122. The van der Waals surface area contributed by atoms with Crippen LogP contribution in [0.5, 0.6) is 0 Å². The van der Waals surface area contributed by atoms with Gasteiger partial charge in [0, 0.05) is 32.9 Å². The fraction of sp³-hybridized carbons (Fsp3) is 0.600. The number of hydrogen-bond acceptors (Lipinski definition) is 5. The van der Waals surface area contributed by atoms with E-state index in [1.807, 2.05) is 19.1 Å². The third-order valence-corrected chi connectivity index (χ3v) is 3.39. The maximum atomic E-state index is 11.7. The maximum Gasteiger partial charge on any atom is 0.315 e. The number of hydrogen-bond donors (Lipinski definition) is 2. The second-order valence-electron chi connectivity index (χ2n) is 5.31. The SMILES string of the molecule is COC[C@@H](C)NC(=O)NCc1ccc(N2CCOCC2)nc1. The molecule has 2 N–H and O–H groups in total. The number of aromatic nitrogens is 1. The summed E-state index contributed by atoms with van der Waals surface area (Å²) in [7, 11) is 1.61. The molecule has 2 rings (SSSR count). The van der Waals surface area contributed by atoms with Gasteiger partial charge in [0.05, 0.1) is 25.9 Å². The first-order valence-electron chi connectivity index (χ1n) is 7.50. The van der Waals surface area contributed by atoms with E-state index in [0.717, 1.165) is 37.7 Å². The number of carbonyl (C=O) groups excluding carboxylic acids is 1. The Bertz CT molecular complexity index is 460. The van der Waals surface area contributed by atoms with Crippen molar-refractivity contribution in [3.8, 4) is 0 Å². The zero-order valence-corrected chi connectivity index (χ0v) is 13.2. The Balaban J connectivity index is 1.77. The van der Waals surface area contributed by atoms with E-state index in [9.17, 15) is 4.79 Å². The third kappa shape index (κ3) is 5.16. The van der Waals surface area contributed by atoms with Crippen LogP contribution in [0.25, 0.3) is 0 Å². The number of anilines is 1. The average molecular weight is 308 g/mol. The number of nitrogens with one attached hydrogen (secondary N) is 2. The molecule has 0 radical (unpaired) electrons. The second kappa shape index (κ2) is 8.55. The van der Waals surface area contributed by atoms with E-state index in [1.54, 1.807) is 13.3 Å². The number of carbonyl (C=O) groups is 1. The van der Waals surface area contributed by atoms with Crippen molar-refractivity contribution >= 4 is 11.8 Å². The van der Waals surface area contributed by atoms with Crippen LogP contribution < -0.4 is 15.5 Å². The molecule has 0 bridgehead atoms. The molecule has 1 aromatic heterocycles. The van der Waals surface area contributed by atoms with Gasteiger partial charge in [-0.05, 0) is 18.6 Å². The van der Waals surface area contributed by atoms with E-state index in [0.29, 0.717) is 13.2 Å². The Morgan fingerprint density at radius 1 is 1.45 bits per heavy atom. The van der Waals surface area contributed by atoms with Gasteiger partial charge in [0.25, 0.3) is 0 Å². The Morgan fingerprint density at radius 2 is 2.23 bits per heavy atom. The molecule has 0 unspecified atom stereocenters. The minimum Gasteiger partial charge on any atom is -0.383 e. The van der Waals surface area contributed by atoms with Gasteiger partial charge in [-0.3, -0.25) is 0 Å². The number of rotatable bonds is 6. The fourth-order valence-electron chi connectivity index (χ4n) is 2.25. The Labute approximate surface area is 131 Å². The molecule has 7 heteroatoms. The van der Waals surface area contributed by atoms with Gasteiger partial charge in [-0.1, -0.05) is 6.07 Å². The lowest BCUT2D eigenvalue weighted by Gasteiger charge is -2.27. The summed E-state index contributed by atoms with van der Waals surface area (Å²) in [5, 5.41) is 5.60.